The zero-order valence-corrected chi connectivity index (χ0v) is 10.4. The highest BCUT2D eigenvalue weighted by Crippen LogP contribution is 2.11. The Morgan fingerprint density at radius 1 is 1.47 bits per heavy atom. The summed E-state index contributed by atoms with van der Waals surface area (Å²) in [5, 5.41) is 12.2. The second-order valence-corrected chi connectivity index (χ2v) is 4.80. The van der Waals surface area contributed by atoms with E-state index >= 15 is 0 Å². The predicted molar refractivity (Wildman–Crippen MR) is 61.3 cm³/mol. The summed E-state index contributed by atoms with van der Waals surface area (Å²) >= 11 is 0. The fourth-order valence-electron chi connectivity index (χ4n) is 1.02. The Bertz CT molecular complexity index is 215. The van der Waals surface area contributed by atoms with E-state index in [4.69, 9.17) is 5.73 Å². The lowest BCUT2D eigenvalue weighted by Crippen LogP contribution is -2.56. The smallest absolute Gasteiger partial charge is 0.237 e. The molecule has 0 rings (SSSR count). The third-order valence-electron chi connectivity index (χ3n) is 3.05. The molecule has 0 aliphatic rings. The molecule has 0 aromatic carbocycles. The molecule has 4 N–H and O–H groups in total. The molecule has 4 heteroatoms. The number of rotatable bonds is 5. The summed E-state index contributed by atoms with van der Waals surface area (Å²) in [7, 11) is 0. The second kappa shape index (κ2) is 5.47. The lowest BCUT2D eigenvalue weighted by Gasteiger charge is -2.31. The first kappa shape index (κ1) is 14.4. The summed E-state index contributed by atoms with van der Waals surface area (Å²) < 4.78 is 0. The Hall–Kier alpha value is -0.610. The van der Waals surface area contributed by atoms with Gasteiger partial charge in [0.25, 0.3) is 0 Å². The zero-order chi connectivity index (χ0) is 12.2. The van der Waals surface area contributed by atoms with Crippen molar-refractivity contribution in [3.05, 3.63) is 0 Å². The molecule has 0 spiro atoms. The van der Waals surface area contributed by atoms with E-state index in [9.17, 15) is 9.90 Å². The molecule has 0 aromatic rings. The van der Waals surface area contributed by atoms with E-state index in [1.165, 1.54) is 0 Å². The molecule has 0 aromatic heterocycles. The average Bonchev–Trinajstić information content (AvgIpc) is 2.14. The van der Waals surface area contributed by atoms with Crippen LogP contribution in [0.4, 0.5) is 0 Å². The second-order valence-electron chi connectivity index (χ2n) is 4.80. The molecule has 0 aliphatic carbocycles. The van der Waals surface area contributed by atoms with Gasteiger partial charge in [0, 0.05) is 0 Å². The van der Waals surface area contributed by atoms with Crippen LogP contribution >= 0.6 is 0 Å². The van der Waals surface area contributed by atoms with Crippen LogP contribution in [-0.4, -0.2) is 28.7 Å². The zero-order valence-electron chi connectivity index (χ0n) is 10.4. The van der Waals surface area contributed by atoms with Crippen LogP contribution in [0, 0.1) is 5.92 Å². The molecule has 0 heterocycles. The number of aliphatic hydroxyl groups is 1. The largest absolute Gasteiger partial charge is 0.391 e. The van der Waals surface area contributed by atoms with Crippen molar-refractivity contribution in [2.45, 2.75) is 58.7 Å². The lowest BCUT2D eigenvalue weighted by molar-refractivity contribution is -0.126. The molecule has 0 saturated carbocycles. The molecular weight excluding hydrogens is 192 g/mol. The molecule has 1 unspecified atom stereocenters. The quantitative estimate of drug-likeness (QED) is 0.631. The average molecular weight is 216 g/mol. The van der Waals surface area contributed by atoms with E-state index in [1.807, 2.05) is 13.8 Å². The molecule has 0 saturated heterocycles. The maximum absolute atomic E-state index is 11.7. The highest BCUT2D eigenvalue weighted by atomic mass is 16.3. The van der Waals surface area contributed by atoms with Crippen LogP contribution in [0.25, 0.3) is 0 Å². The molecule has 90 valence electrons. The molecule has 0 aliphatic heterocycles. The van der Waals surface area contributed by atoms with Gasteiger partial charge in [0.05, 0.1) is 17.7 Å². The molecule has 3 atom stereocenters. The maximum atomic E-state index is 11.7. The van der Waals surface area contributed by atoms with Crippen molar-refractivity contribution < 1.29 is 9.90 Å². The Labute approximate surface area is 92.2 Å². The van der Waals surface area contributed by atoms with Crippen molar-refractivity contribution >= 4 is 5.91 Å². The monoisotopic (exact) mass is 216 g/mol. The number of hydrogen-bond acceptors (Lipinski definition) is 3. The van der Waals surface area contributed by atoms with Crippen LogP contribution in [0.1, 0.15) is 41.0 Å². The van der Waals surface area contributed by atoms with Crippen molar-refractivity contribution in [3.8, 4) is 0 Å². The van der Waals surface area contributed by atoms with Gasteiger partial charge in [-0.05, 0) is 26.7 Å². The number of nitrogens with two attached hydrogens (primary N) is 1. The van der Waals surface area contributed by atoms with Crippen molar-refractivity contribution in [1.82, 2.24) is 5.32 Å². The molecular formula is C11H24N2O2. The van der Waals surface area contributed by atoms with Crippen molar-refractivity contribution in [1.29, 1.82) is 0 Å². The molecule has 0 bridgehead atoms. The summed E-state index contributed by atoms with van der Waals surface area (Å²) in [5.41, 5.74) is 5.15. The number of carbonyl (C=O) groups excluding carboxylic acids is 1. The highest BCUT2D eigenvalue weighted by molar-refractivity contribution is 5.82. The molecule has 0 radical (unpaired) electrons. The van der Waals surface area contributed by atoms with Crippen LogP contribution < -0.4 is 11.1 Å². The number of amides is 1. The van der Waals surface area contributed by atoms with E-state index in [0.717, 1.165) is 6.42 Å². The van der Waals surface area contributed by atoms with Gasteiger partial charge < -0.3 is 16.2 Å². The van der Waals surface area contributed by atoms with Gasteiger partial charge in [-0.25, -0.2) is 0 Å². The normalized spacial score (nSPS) is 18.1. The van der Waals surface area contributed by atoms with E-state index in [1.54, 1.807) is 20.8 Å². The molecule has 4 nitrogen and oxygen atoms in total. The molecule has 1 amide bonds. The Balaban J connectivity index is 4.37. The van der Waals surface area contributed by atoms with Gasteiger partial charge in [-0.2, -0.15) is 0 Å². The van der Waals surface area contributed by atoms with Crippen molar-refractivity contribution in [2.24, 2.45) is 11.7 Å². The summed E-state index contributed by atoms with van der Waals surface area (Å²) in [6.45, 7) is 9.14. The first-order valence-electron chi connectivity index (χ1n) is 5.48. The van der Waals surface area contributed by atoms with E-state index < -0.39 is 17.7 Å². The third-order valence-corrected chi connectivity index (χ3v) is 3.05. The molecule has 0 fully saturated rings. The van der Waals surface area contributed by atoms with E-state index in [-0.39, 0.29) is 11.8 Å². The number of aliphatic hydroxyl groups excluding tert-OH is 1. The summed E-state index contributed by atoms with van der Waals surface area (Å²) in [5.74, 6) is -0.0509. The topological polar surface area (TPSA) is 75.4 Å². The Kier molecular flexibility index (Phi) is 5.24. The first-order chi connectivity index (χ1) is 6.72. The number of hydrogen-bond donors (Lipinski definition) is 3. The maximum Gasteiger partial charge on any atom is 0.237 e. The minimum atomic E-state index is -0.637. The predicted octanol–water partition coefficient (Wildman–Crippen LogP) is 0.635. The fraction of sp³-hybridized carbons (Fsp3) is 0.909. The van der Waals surface area contributed by atoms with Crippen molar-refractivity contribution in [2.75, 3.05) is 0 Å². The summed E-state index contributed by atoms with van der Waals surface area (Å²) in [4.78, 5) is 11.7. The van der Waals surface area contributed by atoms with Crippen LogP contribution in [0.15, 0.2) is 0 Å². The van der Waals surface area contributed by atoms with Crippen LogP contribution in [-0.2, 0) is 4.79 Å². The minimum absolute atomic E-state index is 0.148. The third kappa shape index (κ3) is 4.18. The summed E-state index contributed by atoms with van der Waals surface area (Å²) in [6.07, 6.45) is 0.259. The van der Waals surface area contributed by atoms with Gasteiger partial charge in [-0.3, -0.25) is 4.79 Å². The standard InChI is InChI=1S/C11H24N2O2/c1-6-7(2)9(12)10(15)13-11(4,5)8(3)14/h7-9,14H,6,12H2,1-5H3,(H,13,15)/t7-,8?,9-/m0/s1. The SMILES string of the molecule is CC[C@H](C)[C@H](N)C(=O)NC(C)(C)C(C)O. The molecule has 15 heavy (non-hydrogen) atoms. The first-order valence-corrected chi connectivity index (χ1v) is 5.48. The Morgan fingerprint density at radius 2 is 1.93 bits per heavy atom. The van der Waals surface area contributed by atoms with Crippen molar-refractivity contribution in [3.63, 3.8) is 0 Å². The van der Waals surface area contributed by atoms with Crippen LogP contribution in [0.2, 0.25) is 0 Å². The van der Waals surface area contributed by atoms with Gasteiger partial charge in [0.2, 0.25) is 5.91 Å². The number of nitrogens with one attached hydrogen (secondary N) is 1. The van der Waals surface area contributed by atoms with Gasteiger partial charge in [-0.15, -0.1) is 0 Å². The lowest BCUT2D eigenvalue weighted by atomic mass is 9.95. The number of carbonyl (C=O) groups is 1. The van der Waals surface area contributed by atoms with Gasteiger partial charge >= 0.3 is 0 Å². The van der Waals surface area contributed by atoms with Crippen LogP contribution in [0.3, 0.4) is 0 Å². The van der Waals surface area contributed by atoms with E-state index in [2.05, 4.69) is 5.32 Å². The minimum Gasteiger partial charge on any atom is -0.391 e. The van der Waals surface area contributed by atoms with Crippen LogP contribution in [0.5, 0.6) is 0 Å². The van der Waals surface area contributed by atoms with Gasteiger partial charge in [0.1, 0.15) is 0 Å². The highest BCUT2D eigenvalue weighted by Gasteiger charge is 2.29. The summed E-state index contributed by atoms with van der Waals surface area (Å²) in [6, 6.07) is -0.506. The van der Waals surface area contributed by atoms with Gasteiger partial charge in [-0.1, -0.05) is 20.3 Å². The van der Waals surface area contributed by atoms with Gasteiger partial charge in [0.15, 0.2) is 0 Å². The van der Waals surface area contributed by atoms with E-state index in [0.29, 0.717) is 0 Å². The Morgan fingerprint density at radius 3 is 2.27 bits per heavy atom. The fourth-order valence-corrected chi connectivity index (χ4v) is 1.02.